The SMILES string of the molecule is N#C/C(=C/c1cc(Cl)c(OCc2cccc(F)c2)c(Br)c1)C(=O)Nc1cccc(Br)c1. The number of amides is 1. The molecule has 8 heteroatoms. The summed E-state index contributed by atoms with van der Waals surface area (Å²) in [6.45, 7) is 0.129. The quantitative estimate of drug-likeness (QED) is 0.256. The number of hydrogen-bond acceptors (Lipinski definition) is 3. The first-order valence-corrected chi connectivity index (χ1v) is 10.9. The van der Waals surface area contributed by atoms with Crippen LogP contribution >= 0.6 is 43.5 Å². The Morgan fingerprint density at radius 3 is 2.61 bits per heavy atom. The summed E-state index contributed by atoms with van der Waals surface area (Å²) in [5.41, 5.74) is 1.66. The van der Waals surface area contributed by atoms with Crippen LogP contribution in [-0.4, -0.2) is 5.91 Å². The third-order valence-electron chi connectivity index (χ3n) is 4.05. The third kappa shape index (κ3) is 6.41. The van der Waals surface area contributed by atoms with Crippen molar-refractivity contribution in [1.82, 2.24) is 0 Å². The van der Waals surface area contributed by atoms with E-state index in [-0.39, 0.29) is 23.0 Å². The molecule has 1 amide bonds. The second kappa shape index (κ2) is 10.6. The maximum Gasteiger partial charge on any atom is 0.266 e. The fourth-order valence-corrected chi connectivity index (χ4v) is 4.05. The van der Waals surface area contributed by atoms with Crippen LogP contribution in [0, 0.1) is 17.1 Å². The standard InChI is InChI=1S/C23H14Br2ClFN2O2/c24-17-4-2-6-19(11-17)29-23(30)16(12-28)7-15-9-20(25)22(21(26)10-15)31-13-14-3-1-5-18(27)8-14/h1-11H,13H2,(H,29,30)/b16-7-. The number of nitrogens with one attached hydrogen (secondary N) is 1. The lowest BCUT2D eigenvalue weighted by molar-refractivity contribution is -0.112. The Bertz CT molecular complexity index is 1190. The minimum absolute atomic E-state index is 0.0867. The number of rotatable bonds is 6. The summed E-state index contributed by atoms with van der Waals surface area (Å²) in [4.78, 5) is 12.5. The van der Waals surface area contributed by atoms with Gasteiger partial charge in [0.1, 0.15) is 24.1 Å². The molecule has 0 aliphatic heterocycles. The van der Waals surface area contributed by atoms with Crippen molar-refractivity contribution in [1.29, 1.82) is 5.26 Å². The Labute approximate surface area is 200 Å². The van der Waals surface area contributed by atoms with E-state index < -0.39 is 5.91 Å². The largest absolute Gasteiger partial charge is 0.486 e. The molecular formula is C23H14Br2ClFN2O2. The zero-order valence-corrected chi connectivity index (χ0v) is 19.8. The van der Waals surface area contributed by atoms with Crippen LogP contribution in [-0.2, 0) is 11.4 Å². The molecule has 4 nitrogen and oxygen atoms in total. The topological polar surface area (TPSA) is 62.1 Å². The molecule has 0 atom stereocenters. The molecule has 31 heavy (non-hydrogen) atoms. The Kier molecular flexibility index (Phi) is 7.85. The molecule has 0 aliphatic carbocycles. The predicted octanol–water partition coefficient (Wildman–Crippen LogP) is 7.13. The molecule has 0 aromatic heterocycles. The van der Waals surface area contributed by atoms with Gasteiger partial charge in [0.2, 0.25) is 0 Å². The Hall–Kier alpha value is -2.66. The molecule has 0 bridgehead atoms. The molecule has 0 spiro atoms. The van der Waals surface area contributed by atoms with Crippen LogP contribution in [0.15, 0.2) is 75.2 Å². The first kappa shape index (κ1) is 23.0. The molecule has 0 saturated carbocycles. The minimum atomic E-state index is -0.542. The van der Waals surface area contributed by atoms with Crippen molar-refractivity contribution in [2.45, 2.75) is 6.61 Å². The Balaban J connectivity index is 1.77. The average Bonchev–Trinajstić information content (AvgIpc) is 2.71. The van der Waals surface area contributed by atoms with Gasteiger partial charge in [0, 0.05) is 10.2 Å². The van der Waals surface area contributed by atoms with Crippen LogP contribution in [0.1, 0.15) is 11.1 Å². The number of hydrogen-bond donors (Lipinski definition) is 1. The van der Waals surface area contributed by atoms with Crippen molar-refractivity contribution in [3.05, 3.63) is 97.1 Å². The maximum atomic E-state index is 13.3. The molecule has 156 valence electrons. The van der Waals surface area contributed by atoms with E-state index in [2.05, 4.69) is 37.2 Å². The molecule has 0 unspecified atom stereocenters. The van der Waals surface area contributed by atoms with Crippen molar-refractivity contribution < 1.29 is 13.9 Å². The molecule has 0 aliphatic rings. The van der Waals surface area contributed by atoms with E-state index in [0.717, 1.165) is 4.47 Å². The second-order valence-electron chi connectivity index (χ2n) is 6.37. The number of anilines is 1. The van der Waals surface area contributed by atoms with Gasteiger partial charge in [-0.3, -0.25) is 4.79 Å². The van der Waals surface area contributed by atoms with E-state index in [0.29, 0.717) is 27.0 Å². The fraction of sp³-hybridized carbons (Fsp3) is 0.0435. The maximum absolute atomic E-state index is 13.3. The van der Waals surface area contributed by atoms with Crippen LogP contribution in [0.4, 0.5) is 10.1 Å². The summed E-state index contributed by atoms with van der Waals surface area (Å²) in [5.74, 6) is -0.517. The second-order valence-corrected chi connectivity index (χ2v) is 8.54. The van der Waals surface area contributed by atoms with Gasteiger partial charge in [0.05, 0.1) is 9.50 Å². The van der Waals surface area contributed by atoms with Gasteiger partial charge in [-0.2, -0.15) is 5.26 Å². The van der Waals surface area contributed by atoms with Crippen LogP contribution < -0.4 is 10.1 Å². The molecule has 0 radical (unpaired) electrons. The number of carbonyl (C=O) groups excluding carboxylic acids is 1. The summed E-state index contributed by atoms with van der Waals surface area (Å²) in [6.07, 6.45) is 1.43. The molecule has 0 heterocycles. The molecule has 3 rings (SSSR count). The average molecular weight is 565 g/mol. The molecule has 3 aromatic rings. The van der Waals surface area contributed by atoms with Gasteiger partial charge in [-0.15, -0.1) is 0 Å². The minimum Gasteiger partial charge on any atom is -0.486 e. The molecule has 0 saturated heterocycles. The number of carbonyl (C=O) groups is 1. The number of nitriles is 1. The zero-order valence-electron chi connectivity index (χ0n) is 15.8. The molecule has 3 aromatic carbocycles. The van der Waals surface area contributed by atoms with Crippen LogP contribution in [0.3, 0.4) is 0 Å². The lowest BCUT2D eigenvalue weighted by Crippen LogP contribution is -2.13. The van der Waals surface area contributed by atoms with E-state index in [1.165, 1.54) is 18.2 Å². The highest BCUT2D eigenvalue weighted by Gasteiger charge is 2.13. The fourth-order valence-electron chi connectivity index (χ4n) is 2.66. The van der Waals surface area contributed by atoms with Gasteiger partial charge in [0.25, 0.3) is 5.91 Å². The van der Waals surface area contributed by atoms with Gasteiger partial charge in [-0.1, -0.05) is 45.7 Å². The first-order chi connectivity index (χ1) is 14.9. The Morgan fingerprint density at radius 2 is 1.94 bits per heavy atom. The van der Waals surface area contributed by atoms with E-state index in [9.17, 15) is 14.4 Å². The van der Waals surface area contributed by atoms with Crippen molar-refractivity contribution >= 4 is 61.1 Å². The van der Waals surface area contributed by atoms with Crippen LogP contribution in [0.5, 0.6) is 5.75 Å². The van der Waals surface area contributed by atoms with Crippen molar-refractivity contribution in [2.24, 2.45) is 0 Å². The van der Waals surface area contributed by atoms with Crippen LogP contribution in [0.25, 0.3) is 6.08 Å². The zero-order chi connectivity index (χ0) is 22.4. The number of halogens is 4. The van der Waals surface area contributed by atoms with Gasteiger partial charge in [-0.25, -0.2) is 4.39 Å². The molecule has 0 fully saturated rings. The molecule has 1 N–H and O–H groups in total. The summed E-state index contributed by atoms with van der Waals surface area (Å²) < 4.78 is 20.4. The lowest BCUT2D eigenvalue weighted by Gasteiger charge is -2.11. The summed E-state index contributed by atoms with van der Waals surface area (Å²) in [7, 11) is 0. The van der Waals surface area contributed by atoms with Crippen molar-refractivity contribution in [3.63, 3.8) is 0 Å². The van der Waals surface area contributed by atoms with Crippen molar-refractivity contribution in [3.8, 4) is 11.8 Å². The van der Waals surface area contributed by atoms with E-state index >= 15 is 0 Å². The van der Waals surface area contributed by atoms with Gasteiger partial charge in [-0.05, 0) is 75.6 Å². The third-order valence-corrected chi connectivity index (χ3v) is 5.41. The predicted molar refractivity (Wildman–Crippen MR) is 126 cm³/mol. The summed E-state index contributed by atoms with van der Waals surface area (Å²) in [6, 6.07) is 18.3. The summed E-state index contributed by atoms with van der Waals surface area (Å²) in [5, 5.41) is 12.4. The highest BCUT2D eigenvalue weighted by atomic mass is 79.9. The van der Waals surface area contributed by atoms with Gasteiger partial charge < -0.3 is 10.1 Å². The highest BCUT2D eigenvalue weighted by molar-refractivity contribution is 9.10. The van der Waals surface area contributed by atoms with E-state index in [4.69, 9.17) is 16.3 Å². The van der Waals surface area contributed by atoms with Gasteiger partial charge in [0.15, 0.2) is 5.75 Å². The monoisotopic (exact) mass is 562 g/mol. The number of nitrogens with zero attached hydrogens (tertiary/aromatic N) is 1. The van der Waals surface area contributed by atoms with Gasteiger partial charge >= 0.3 is 0 Å². The van der Waals surface area contributed by atoms with Crippen molar-refractivity contribution in [2.75, 3.05) is 5.32 Å². The van der Waals surface area contributed by atoms with E-state index in [1.807, 2.05) is 12.1 Å². The highest BCUT2D eigenvalue weighted by Crippen LogP contribution is 2.35. The molecular weight excluding hydrogens is 551 g/mol. The smallest absolute Gasteiger partial charge is 0.266 e. The van der Waals surface area contributed by atoms with Crippen LogP contribution in [0.2, 0.25) is 5.02 Å². The van der Waals surface area contributed by atoms with E-state index in [1.54, 1.807) is 42.5 Å². The number of benzene rings is 3. The summed E-state index contributed by atoms with van der Waals surface area (Å²) >= 11 is 13.1. The Morgan fingerprint density at radius 1 is 1.16 bits per heavy atom. The first-order valence-electron chi connectivity index (χ1n) is 8.90. The lowest BCUT2D eigenvalue weighted by atomic mass is 10.1. The normalized spacial score (nSPS) is 11.0. The number of ether oxygens (including phenoxy) is 1.